The minimum absolute atomic E-state index is 0.175. The topological polar surface area (TPSA) is 89.3 Å². The molecule has 1 amide bonds. The van der Waals surface area contributed by atoms with Gasteiger partial charge in [-0.05, 0) is 43.9 Å². The van der Waals surface area contributed by atoms with Gasteiger partial charge in [0.1, 0.15) is 17.1 Å². The Labute approximate surface area is 175 Å². The summed E-state index contributed by atoms with van der Waals surface area (Å²) in [4.78, 5) is 16.0. The van der Waals surface area contributed by atoms with Crippen LogP contribution in [0.4, 0.5) is 18.9 Å². The van der Waals surface area contributed by atoms with Crippen LogP contribution in [0.5, 0.6) is 5.75 Å². The predicted molar refractivity (Wildman–Crippen MR) is 107 cm³/mol. The van der Waals surface area contributed by atoms with Crippen LogP contribution in [0.2, 0.25) is 0 Å². The van der Waals surface area contributed by atoms with Crippen LogP contribution >= 0.6 is 0 Å². The summed E-state index contributed by atoms with van der Waals surface area (Å²) in [7, 11) is 1.43. The van der Waals surface area contributed by atoms with Gasteiger partial charge in [0.05, 0.1) is 30.5 Å². The van der Waals surface area contributed by atoms with Crippen molar-refractivity contribution in [2.75, 3.05) is 12.4 Å². The standard InChI is InChI=1S/C21H21F3N4O3/c1-31-18-10-16-12(11-28(27-16)13-5-7-14(29)8-6-13)9-17(18)26-20(30)15-3-2-4-19(25-15)21(22,23)24/h2-4,9-11,13-14,29H,5-8H2,1H3,(H,26,30). The molecule has 1 fully saturated rings. The van der Waals surface area contributed by atoms with Crippen LogP contribution in [0.1, 0.15) is 47.9 Å². The Hall–Kier alpha value is -3.14. The van der Waals surface area contributed by atoms with Crippen molar-refractivity contribution in [1.82, 2.24) is 14.8 Å². The number of methoxy groups -OCH3 is 1. The molecule has 4 rings (SSSR count). The van der Waals surface area contributed by atoms with E-state index in [1.165, 1.54) is 13.2 Å². The van der Waals surface area contributed by atoms with E-state index in [2.05, 4.69) is 15.4 Å². The van der Waals surface area contributed by atoms with E-state index in [0.29, 0.717) is 17.0 Å². The average Bonchev–Trinajstić information content (AvgIpc) is 3.16. The van der Waals surface area contributed by atoms with Crippen molar-refractivity contribution in [2.24, 2.45) is 0 Å². The number of anilines is 1. The lowest BCUT2D eigenvalue weighted by Crippen LogP contribution is -2.21. The van der Waals surface area contributed by atoms with Crippen LogP contribution in [0, 0.1) is 0 Å². The third-order valence-electron chi connectivity index (χ3n) is 5.40. The summed E-state index contributed by atoms with van der Waals surface area (Å²) in [5.41, 5.74) is -0.522. The molecule has 7 nitrogen and oxygen atoms in total. The van der Waals surface area contributed by atoms with Crippen LogP contribution in [0.25, 0.3) is 10.9 Å². The molecule has 10 heteroatoms. The van der Waals surface area contributed by atoms with E-state index in [9.17, 15) is 23.1 Å². The van der Waals surface area contributed by atoms with E-state index in [0.717, 1.165) is 43.2 Å². The quantitative estimate of drug-likeness (QED) is 0.643. The average molecular weight is 434 g/mol. The van der Waals surface area contributed by atoms with Crippen LogP contribution in [-0.2, 0) is 6.18 Å². The molecule has 1 aliphatic rings. The maximum atomic E-state index is 12.9. The number of fused-ring (bicyclic) bond motifs is 1. The first-order valence-corrected chi connectivity index (χ1v) is 9.85. The lowest BCUT2D eigenvalue weighted by molar-refractivity contribution is -0.141. The fourth-order valence-electron chi connectivity index (χ4n) is 3.75. The summed E-state index contributed by atoms with van der Waals surface area (Å²) in [5, 5.41) is 17.6. The maximum absolute atomic E-state index is 12.9. The van der Waals surface area contributed by atoms with Gasteiger partial charge in [-0.1, -0.05) is 6.07 Å². The normalized spacial score (nSPS) is 19.4. The zero-order chi connectivity index (χ0) is 22.2. The molecule has 0 aliphatic heterocycles. The lowest BCUT2D eigenvalue weighted by atomic mass is 9.93. The number of aliphatic hydroxyl groups is 1. The number of amides is 1. The third kappa shape index (κ3) is 4.48. The van der Waals surface area contributed by atoms with Crippen molar-refractivity contribution in [3.63, 3.8) is 0 Å². The summed E-state index contributed by atoms with van der Waals surface area (Å²) in [6.45, 7) is 0. The van der Waals surface area contributed by atoms with Gasteiger partial charge in [-0.3, -0.25) is 9.48 Å². The number of aromatic nitrogens is 3. The molecule has 1 saturated carbocycles. The molecule has 1 aliphatic carbocycles. The summed E-state index contributed by atoms with van der Waals surface area (Å²) in [6, 6.07) is 6.66. The second-order valence-corrected chi connectivity index (χ2v) is 7.54. The van der Waals surface area contributed by atoms with Gasteiger partial charge in [0, 0.05) is 17.6 Å². The molecule has 1 aromatic carbocycles. The lowest BCUT2D eigenvalue weighted by Gasteiger charge is -2.25. The zero-order valence-corrected chi connectivity index (χ0v) is 16.7. The predicted octanol–water partition coefficient (Wildman–Crippen LogP) is 4.19. The van der Waals surface area contributed by atoms with E-state index in [1.807, 2.05) is 10.9 Å². The molecular formula is C21H21F3N4O3. The second-order valence-electron chi connectivity index (χ2n) is 7.54. The largest absolute Gasteiger partial charge is 0.494 e. The van der Waals surface area contributed by atoms with Gasteiger partial charge in [-0.2, -0.15) is 18.3 Å². The fourth-order valence-corrected chi connectivity index (χ4v) is 3.75. The number of pyridine rings is 1. The minimum atomic E-state index is -4.64. The van der Waals surface area contributed by atoms with E-state index in [4.69, 9.17) is 4.74 Å². The van der Waals surface area contributed by atoms with E-state index in [1.54, 1.807) is 12.1 Å². The number of nitrogens with zero attached hydrogens (tertiary/aromatic N) is 3. The SMILES string of the molecule is COc1cc2nn(C3CCC(O)CC3)cc2cc1NC(=O)c1cccc(C(F)(F)F)n1. The van der Waals surface area contributed by atoms with Gasteiger partial charge in [0.2, 0.25) is 0 Å². The molecule has 31 heavy (non-hydrogen) atoms. The summed E-state index contributed by atoms with van der Waals surface area (Å²) in [6.07, 6.45) is 0.0121. The van der Waals surface area contributed by atoms with E-state index >= 15 is 0 Å². The first-order valence-electron chi connectivity index (χ1n) is 9.85. The van der Waals surface area contributed by atoms with Gasteiger partial charge in [0.15, 0.2) is 0 Å². The highest BCUT2D eigenvalue weighted by molar-refractivity contribution is 6.05. The van der Waals surface area contributed by atoms with Crippen molar-refractivity contribution in [3.8, 4) is 5.75 Å². The van der Waals surface area contributed by atoms with Crippen molar-refractivity contribution >= 4 is 22.5 Å². The van der Waals surface area contributed by atoms with Crippen molar-refractivity contribution < 1.29 is 27.8 Å². The van der Waals surface area contributed by atoms with Gasteiger partial charge in [-0.25, -0.2) is 4.98 Å². The van der Waals surface area contributed by atoms with Crippen molar-refractivity contribution in [3.05, 3.63) is 47.9 Å². The number of nitrogens with one attached hydrogen (secondary N) is 1. The van der Waals surface area contributed by atoms with Crippen molar-refractivity contribution in [2.45, 2.75) is 44.0 Å². The maximum Gasteiger partial charge on any atom is 0.433 e. The molecule has 0 bridgehead atoms. The number of carbonyl (C=O) groups excluding carboxylic acids is 1. The molecule has 2 heterocycles. The molecule has 0 atom stereocenters. The Morgan fingerprint density at radius 1 is 1.23 bits per heavy atom. The van der Waals surface area contributed by atoms with Crippen LogP contribution < -0.4 is 10.1 Å². The summed E-state index contributed by atoms with van der Waals surface area (Å²) >= 11 is 0. The van der Waals surface area contributed by atoms with Crippen LogP contribution in [0.3, 0.4) is 0 Å². The first-order chi connectivity index (χ1) is 14.7. The highest BCUT2D eigenvalue weighted by Gasteiger charge is 2.33. The molecule has 164 valence electrons. The molecule has 2 aromatic heterocycles. The Morgan fingerprint density at radius 2 is 1.97 bits per heavy atom. The van der Waals surface area contributed by atoms with Gasteiger partial charge in [-0.15, -0.1) is 0 Å². The fraction of sp³-hybridized carbons (Fsp3) is 0.381. The smallest absolute Gasteiger partial charge is 0.433 e. The van der Waals surface area contributed by atoms with Gasteiger partial charge < -0.3 is 15.2 Å². The monoisotopic (exact) mass is 434 g/mol. The molecule has 0 saturated heterocycles. The number of hydrogen-bond acceptors (Lipinski definition) is 5. The Balaban J connectivity index is 1.60. The second kappa shape index (κ2) is 8.18. The Morgan fingerprint density at radius 3 is 2.65 bits per heavy atom. The number of benzene rings is 1. The summed E-state index contributed by atoms with van der Waals surface area (Å²) < 4.78 is 45.9. The first kappa shape index (κ1) is 21.1. The number of rotatable bonds is 4. The third-order valence-corrected chi connectivity index (χ3v) is 5.40. The number of ether oxygens (including phenoxy) is 1. The Bertz CT molecular complexity index is 1100. The molecular weight excluding hydrogens is 413 g/mol. The van der Waals surface area contributed by atoms with Crippen LogP contribution in [-0.4, -0.2) is 39.0 Å². The van der Waals surface area contributed by atoms with E-state index in [-0.39, 0.29) is 17.8 Å². The molecule has 0 unspecified atom stereocenters. The molecule has 2 N–H and O–H groups in total. The Kier molecular flexibility index (Phi) is 5.57. The number of carbonyl (C=O) groups is 1. The molecule has 3 aromatic rings. The molecule has 0 spiro atoms. The van der Waals surface area contributed by atoms with Crippen LogP contribution in [0.15, 0.2) is 36.5 Å². The van der Waals surface area contributed by atoms with Gasteiger partial charge in [0.25, 0.3) is 5.91 Å². The van der Waals surface area contributed by atoms with Gasteiger partial charge >= 0.3 is 6.18 Å². The number of halogens is 3. The van der Waals surface area contributed by atoms with Crippen molar-refractivity contribution in [1.29, 1.82) is 0 Å². The highest BCUT2D eigenvalue weighted by Crippen LogP contribution is 2.34. The minimum Gasteiger partial charge on any atom is -0.494 e. The number of alkyl halides is 3. The highest BCUT2D eigenvalue weighted by atomic mass is 19.4. The number of hydrogen-bond donors (Lipinski definition) is 2. The number of aliphatic hydroxyl groups excluding tert-OH is 1. The molecule has 0 radical (unpaired) electrons. The zero-order valence-electron chi connectivity index (χ0n) is 16.7. The van der Waals surface area contributed by atoms with E-state index < -0.39 is 17.8 Å². The summed E-state index contributed by atoms with van der Waals surface area (Å²) in [5.74, 6) is -0.449.